The summed E-state index contributed by atoms with van der Waals surface area (Å²) in [6.45, 7) is 4.85. The molecule has 3 aromatic carbocycles. The average Bonchev–Trinajstić information content (AvgIpc) is 2.85. The fourth-order valence-corrected chi connectivity index (χ4v) is 2.98. The monoisotopic (exact) mass is 480 g/mol. The number of halogens is 1. The largest absolute Gasteiger partial charge is 0.494 e. The van der Waals surface area contributed by atoms with E-state index in [1.54, 1.807) is 66.7 Å². The fourth-order valence-electron chi connectivity index (χ4n) is 2.85. The molecule has 0 aliphatic carbocycles. The molecule has 0 aromatic heterocycles. The highest BCUT2D eigenvalue weighted by Crippen LogP contribution is 2.29. The summed E-state index contributed by atoms with van der Waals surface area (Å²) in [4.78, 5) is 24.7. The summed E-state index contributed by atoms with van der Waals surface area (Å²) in [5.74, 6) is 0.479. The van der Waals surface area contributed by atoms with Crippen molar-refractivity contribution in [1.29, 1.82) is 0 Å². The summed E-state index contributed by atoms with van der Waals surface area (Å²) in [6.07, 6.45) is 2.39. The van der Waals surface area contributed by atoms with E-state index >= 15 is 0 Å². The number of hydrogen-bond donors (Lipinski definition) is 1. The zero-order chi connectivity index (χ0) is 24.3. The van der Waals surface area contributed by atoms with Crippen LogP contribution in [0.25, 0.3) is 0 Å². The van der Waals surface area contributed by atoms with Crippen LogP contribution in [0.3, 0.4) is 0 Å². The van der Waals surface area contributed by atoms with Crippen LogP contribution in [0.5, 0.6) is 17.2 Å². The predicted molar refractivity (Wildman–Crippen MR) is 131 cm³/mol. The molecule has 7 nitrogen and oxygen atoms in total. The van der Waals surface area contributed by atoms with E-state index in [0.717, 1.165) is 6.42 Å². The van der Waals surface area contributed by atoms with E-state index in [4.69, 9.17) is 25.8 Å². The number of benzene rings is 3. The summed E-state index contributed by atoms with van der Waals surface area (Å²) in [7, 11) is 0. The molecule has 0 aliphatic heterocycles. The van der Waals surface area contributed by atoms with E-state index in [1.807, 2.05) is 13.8 Å². The number of nitrogens with zero attached hydrogens (tertiary/aromatic N) is 1. The Labute approximate surface area is 203 Å². The summed E-state index contributed by atoms with van der Waals surface area (Å²) in [6, 6.07) is 18.2. The summed E-state index contributed by atoms with van der Waals surface area (Å²) in [5.41, 5.74) is 3.96. The van der Waals surface area contributed by atoms with Crippen molar-refractivity contribution < 1.29 is 23.8 Å². The van der Waals surface area contributed by atoms with Crippen LogP contribution >= 0.6 is 11.6 Å². The lowest BCUT2D eigenvalue weighted by Crippen LogP contribution is -2.17. The first-order chi connectivity index (χ1) is 16.5. The van der Waals surface area contributed by atoms with E-state index < -0.39 is 5.97 Å². The molecule has 0 aliphatic rings. The SMILES string of the molecule is CCCOc1ccc(C(=O)NN=Cc2ccc(OC(=O)c3ccc(Cl)cc3)c(OCC)c2)cc1. The number of hydrogen-bond acceptors (Lipinski definition) is 6. The van der Waals surface area contributed by atoms with Crippen molar-refractivity contribution in [2.75, 3.05) is 13.2 Å². The molecule has 1 N–H and O–H groups in total. The van der Waals surface area contributed by atoms with Gasteiger partial charge in [0.15, 0.2) is 11.5 Å². The van der Waals surface area contributed by atoms with Gasteiger partial charge in [0.1, 0.15) is 5.75 Å². The van der Waals surface area contributed by atoms with Gasteiger partial charge in [-0.2, -0.15) is 5.10 Å². The lowest BCUT2D eigenvalue weighted by molar-refractivity contribution is 0.0728. The van der Waals surface area contributed by atoms with Crippen molar-refractivity contribution in [3.05, 3.63) is 88.4 Å². The first-order valence-corrected chi connectivity index (χ1v) is 11.2. The van der Waals surface area contributed by atoms with Gasteiger partial charge < -0.3 is 14.2 Å². The van der Waals surface area contributed by atoms with Crippen molar-refractivity contribution in [1.82, 2.24) is 5.43 Å². The number of rotatable bonds is 10. The van der Waals surface area contributed by atoms with E-state index in [-0.39, 0.29) is 11.7 Å². The minimum atomic E-state index is -0.530. The van der Waals surface area contributed by atoms with Crippen LogP contribution in [0.15, 0.2) is 71.8 Å². The van der Waals surface area contributed by atoms with E-state index in [1.165, 1.54) is 6.21 Å². The van der Waals surface area contributed by atoms with Crippen LogP contribution in [-0.2, 0) is 0 Å². The molecule has 0 fully saturated rings. The number of nitrogens with one attached hydrogen (secondary N) is 1. The van der Waals surface area contributed by atoms with Gasteiger partial charge >= 0.3 is 5.97 Å². The maximum atomic E-state index is 12.4. The lowest BCUT2D eigenvalue weighted by atomic mass is 10.2. The van der Waals surface area contributed by atoms with Crippen LogP contribution in [0, 0.1) is 0 Å². The molecule has 0 unspecified atom stereocenters. The Hall–Kier alpha value is -3.84. The van der Waals surface area contributed by atoms with Crippen LogP contribution in [0.2, 0.25) is 5.02 Å². The molecule has 8 heteroatoms. The molecule has 3 aromatic rings. The van der Waals surface area contributed by atoms with Gasteiger partial charge in [0, 0.05) is 10.6 Å². The lowest BCUT2D eigenvalue weighted by Gasteiger charge is -2.11. The number of esters is 1. The summed E-state index contributed by atoms with van der Waals surface area (Å²) < 4.78 is 16.6. The van der Waals surface area contributed by atoms with Gasteiger partial charge in [0.25, 0.3) is 5.91 Å². The average molecular weight is 481 g/mol. The van der Waals surface area contributed by atoms with Gasteiger partial charge in [0.05, 0.1) is 25.0 Å². The van der Waals surface area contributed by atoms with Crippen molar-refractivity contribution in [3.8, 4) is 17.2 Å². The number of carbonyl (C=O) groups is 2. The normalized spacial score (nSPS) is 10.7. The maximum Gasteiger partial charge on any atom is 0.343 e. The second-order valence-electron chi connectivity index (χ2n) is 7.11. The molecule has 3 rings (SSSR count). The molecule has 176 valence electrons. The molecule has 0 spiro atoms. The van der Waals surface area contributed by atoms with E-state index in [2.05, 4.69) is 10.5 Å². The van der Waals surface area contributed by atoms with Gasteiger partial charge in [-0.25, -0.2) is 10.2 Å². The number of amides is 1. The highest BCUT2D eigenvalue weighted by molar-refractivity contribution is 6.30. The summed E-state index contributed by atoms with van der Waals surface area (Å²) >= 11 is 5.86. The topological polar surface area (TPSA) is 86.2 Å². The standard InChI is InChI=1S/C26H25ClN2O5/c1-3-15-33-22-12-8-19(9-13-22)25(30)29-28-17-18-5-14-23(24(16-18)32-4-2)34-26(31)20-6-10-21(27)11-7-20/h5-14,16-17H,3-4,15H2,1-2H3,(H,29,30). The van der Waals surface area contributed by atoms with Gasteiger partial charge in [-0.05, 0) is 85.6 Å². The Morgan fingerprint density at radius 1 is 0.912 bits per heavy atom. The highest BCUT2D eigenvalue weighted by atomic mass is 35.5. The van der Waals surface area contributed by atoms with E-state index in [9.17, 15) is 9.59 Å². The third-order valence-electron chi connectivity index (χ3n) is 4.52. The zero-order valence-electron chi connectivity index (χ0n) is 18.9. The van der Waals surface area contributed by atoms with Crippen molar-refractivity contribution >= 4 is 29.7 Å². The Morgan fingerprint density at radius 3 is 2.29 bits per heavy atom. The quantitative estimate of drug-likeness (QED) is 0.179. The van der Waals surface area contributed by atoms with Crippen LogP contribution < -0.4 is 19.6 Å². The van der Waals surface area contributed by atoms with Gasteiger partial charge in [-0.15, -0.1) is 0 Å². The fraction of sp³-hybridized carbons (Fsp3) is 0.192. The first kappa shape index (κ1) is 24.8. The van der Waals surface area contributed by atoms with Gasteiger partial charge in [-0.3, -0.25) is 4.79 Å². The number of hydrazone groups is 1. The molecule has 0 saturated carbocycles. The molecular formula is C26H25ClN2O5. The molecule has 0 radical (unpaired) electrons. The minimum absolute atomic E-state index is 0.272. The van der Waals surface area contributed by atoms with Gasteiger partial charge in [0.2, 0.25) is 0 Å². The molecule has 34 heavy (non-hydrogen) atoms. The number of ether oxygens (including phenoxy) is 3. The molecule has 0 atom stereocenters. The zero-order valence-corrected chi connectivity index (χ0v) is 19.7. The molecule has 0 saturated heterocycles. The Balaban J connectivity index is 1.64. The molecular weight excluding hydrogens is 456 g/mol. The smallest absolute Gasteiger partial charge is 0.343 e. The van der Waals surface area contributed by atoms with E-state index in [0.29, 0.717) is 46.4 Å². The third-order valence-corrected chi connectivity index (χ3v) is 4.77. The predicted octanol–water partition coefficient (Wildman–Crippen LogP) is 5.51. The highest BCUT2D eigenvalue weighted by Gasteiger charge is 2.13. The van der Waals surface area contributed by atoms with Crippen LogP contribution in [-0.4, -0.2) is 31.3 Å². The third kappa shape index (κ3) is 7.08. The Morgan fingerprint density at radius 2 is 1.62 bits per heavy atom. The first-order valence-electron chi connectivity index (χ1n) is 10.8. The Bertz CT molecular complexity index is 1140. The van der Waals surface area contributed by atoms with Crippen LogP contribution in [0.1, 0.15) is 46.5 Å². The van der Waals surface area contributed by atoms with Crippen molar-refractivity contribution in [2.24, 2.45) is 5.10 Å². The Kier molecular flexibility index (Phi) is 9.05. The maximum absolute atomic E-state index is 12.4. The second-order valence-corrected chi connectivity index (χ2v) is 7.54. The second kappa shape index (κ2) is 12.4. The number of carbonyl (C=O) groups excluding carboxylic acids is 2. The van der Waals surface area contributed by atoms with Crippen molar-refractivity contribution in [2.45, 2.75) is 20.3 Å². The molecule has 0 bridgehead atoms. The van der Waals surface area contributed by atoms with Crippen LogP contribution in [0.4, 0.5) is 0 Å². The van der Waals surface area contributed by atoms with Gasteiger partial charge in [-0.1, -0.05) is 18.5 Å². The molecule has 1 amide bonds. The minimum Gasteiger partial charge on any atom is -0.494 e. The summed E-state index contributed by atoms with van der Waals surface area (Å²) in [5, 5.41) is 4.53. The van der Waals surface area contributed by atoms with Crippen molar-refractivity contribution in [3.63, 3.8) is 0 Å². The molecule has 0 heterocycles.